The topological polar surface area (TPSA) is 86.2 Å². The van der Waals surface area contributed by atoms with E-state index in [-0.39, 0.29) is 17.4 Å². The Hall–Kier alpha value is -3.19. The summed E-state index contributed by atoms with van der Waals surface area (Å²) in [5.41, 5.74) is 3.69. The number of nitrogens with zero attached hydrogens (tertiary/aromatic N) is 2. The Morgan fingerprint density at radius 2 is 1.76 bits per heavy atom. The highest BCUT2D eigenvalue weighted by molar-refractivity contribution is 7.89. The molecule has 0 fully saturated rings. The van der Waals surface area contributed by atoms with Crippen molar-refractivity contribution >= 4 is 9.84 Å². The number of benzene rings is 2. The molecule has 0 atom stereocenters. The van der Waals surface area contributed by atoms with E-state index in [0.717, 1.165) is 22.3 Å². The molecule has 0 aliphatic heterocycles. The SMILES string of the molecule is Cc1cccc(CS(=O)(=O)Cc2ccc(-c3nc(-c4ccccc4C)no3)o2)c1. The predicted octanol–water partition coefficient (Wildman–Crippen LogP) is 4.73. The number of aromatic nitrogens is 2. The van der Waals surface area contributed by atoms with Gasteiger partial charge in [0.25, 0.3) is 5.89 Å². The maximum atomic E-state index is 12.5. The molecule has 6 nitrogen and oxygen atoms in total. The Bertz CT molecular complexity index is 1260. The van der Waals surface area contributed by atoms with E-state index in [1.54, 1.807) is 12.1 Å². The van der Waals surface area contributed by atoms with Gasteiger partial charge in [-0.15, -0.1) is 0 Å². The lowest BCUT2D eigenvalue weighted by Crippen LogP contribution is -2.07. The third-order valence-corrected chi connectivity index (χ3v) is 6.01. The van der Waals surface area contributed by atoms with E-state index in [1.165, 1.54) is 0 Å². The Balaban J connectivity index is 1.51. The van der Waals surface area contributed by atoms with Crippen LogP contribution in [0.1, 0.15) is 22.5 Å². The van der Waals surface area contributed by atoms with E-state index >= 15 is 0 Å². The molecule has 7 heteroatoms. The largest absolute Gasteiger partial charge is 0.455 e. The van der Waals surface area contributed by atoms with E-state index in [4.69, 9.17) is 8.94 Å². The molecule has 4 aromatic rings. The lowest BCUT2D eigenvalue weighted by Gasteiger charge is -2.04. The number of rotatable bonds is 6. The molecule has 2 heterocycles. The summed E-state index contributed by atoms with van der Waals surface area (Å²) in [5, 5.41) is 4.01. The molecule has 0 radical (unpaired) electrons. The van der Waals surface area contributed by atoms with Gasteiger partial charge >= 0.3 is 0 Å². The van der Waals surface area contributed by atoms with Crippen molar-refractivity contribution in [1.29, 1.82) is 0 Å². The van der Waals surface area contributed by atoms with Crippen LogP contribution < -0.4 is 0 Å². The summed E-state index contributed by atoms with van der Waals surface area (Å²) in [6.07, 6.45) is 0. The van der Waals surface area contributed by atoms with Crippen LogP contribution in [-0.4, -0.2) is 18.6 Å². The van der Waals surface area contributed by atoms with Crippen LogP contribution in [0.15, 0.2) is 69.6 Å². The van der Waals surface area contributed by atoms with Crippen LogP contribution in [-0.2, 0) is 21.3 Å². The van der Waals surface area contributed by atoms with Crippen molar-refractivity contribution in [2.75, 3.05) is 0 Å². The van der Waals surface area contributed by atoms with Gasteiger partial charge in [0, 0.05) is 5.56 Å². The first kappa shape index (κ1) is 19.1. The minimum atomic E-state index is -3.38. The third-order valence-electron chi connectivity index (χ3n) is 4.52. The highest BCUT2D eigenvalue weighted by Gasteiger charge is 2.19. The molecule has 0 amide bonds. The number of furan rings is 1. The molecular weight excluding hydrogens is 388 g/mol. The van der Waals surface area contributed by atoms with E-state index in [1.807, 2.05) is 62.4 Å². The fraction of sp³-hybridized carbons (Fsp3) is 0.182. The van der Waals surface area contributed by atoms with E-state index in [9.17, 15) is 8.42 Å². The molecule has 2 aromatic heterocycles. The van der Waals surface area contributed by atoms with E-state index in [0.29, 0.717) is 17.3 Å². The molecule has 0 spiro atoms. The summed E-state index contributed by atoms with van der Waals surface area (Å²) in [6.45, 7) is 3.90. The quantitative estimate of drug-likeness (QED) is 0.458. The van der Waals surface area contributed by atoms with E-state index in [2.05, 4.69) is 10.1 Å². The van der Waals surface area contributed by atoms with Crippen LogP contribution in [0.5, 0.6) is 0 Å². The van der Waals surface area contributed by atoms with Gasteiger partial charge in [0.15, 0.2) is 15.6 Å². The first-order valence-corrected chi connectivity index (χ1v) is 11.0. The molecule has 0 bridgehead atoms. The van der Waals surface area contributed by atoms with Crippen LogP contribution in [0.25, 0.3) is 23.0 Å². The Labute approximate surface area is 169 Å². The second-order valence-electron chi connectivity index (χ2n) is 7.03. The summed E-state index contributed by atoms with van der Waals surface area (Å²) in [7, 11) is -3.38. The Morgan fingerprint density at radius 3 is 2.55 bits per heavy atom. The monoisotopic (exact) mass is 408 g/mol. The van der Waals surface area contributed by atoms with Gasteiger partial charge < -0.3 is 8.94 Å². The first-order chi connectivity index (χ1) is 13.9. The van der Waals surface area contributed by atoms with Crippen molar-refractivity contribution in [2.45, 2.75) is 25.4 Å². The maximum Gasteiger partial charge on any atom is 0.293 e. The normalized spacial score (nSPS) is 11.7. The minimum Gasteiger partial charge on any atom is -0.455 e. The third kappa shape index (κ3) is 4.46. The lowest BCUT2D eigenvalue weighted by molar-refractivity contribution is 0.413. The predicted molar refractivity (Wildman–Crippen MR) is 110 cm³/mol. The zero-order chi connectivity index (χ0) is 20.4. The average Bonchev–Trinajstić information content (AvgIpc) is 3.31. The smallest absolute Gasteiger partial charge is 0.293 e. The van der Waals surface area contributed by atoms with Crippen LogP contribution in [0, 0.1) is 13.8 Å². The molecule has 148 valence electrons. The minimum absolute atomic E-state index is 0.0390. The summed E-state index contributed by atoms with van der Waals surface area (Å²) in [6, 6.07) is 18.5. The van der Waals surface area contributed by atoms with Crippen molar-refractivity contribution in [3.63, 3.8) is 0 Å². The number of hydrogen-bond donors (Lipinski definition) is 0. The van der Waals surface area contributed by atoms with Gasteiger partial charge in [0.2, 0.25) is 5.82 Å². The molecule has 29 heavy (non-hydrogen) atoms. The fourth-order valence-corrected chi connectivity index (χ4v) is 4.53. The lowest BCUT2D eigenvalue weighted by atomic mass is 10.1. The Kier molecular flexibility index (Phi) is 5.07. The number of hydrogen-bond acceptors (Lipinski definition) is 6. The standard InChI is InChI=1S/C22H20N2O4S/c1-15-6-5-8-17(12-15)13-29(25,26)14-18-10-11-20(27-18)22-23-21(24-28-22)19-9-4-3-7-16(19)2/h3-12H,13-14H2,1-2H3. The zero-order valence-corrected chi connectivity index (χ0v) is 16.9. The van der Waals surface area contributed by atoms with Gasteiger partial charge in [-0.2, -0.15) is 4.98 Å². The van der Waals surface area contributed by atoms with Gasteiger partial charge in [-0.25, -0.2) is 8.42 Å². The molecule has 0 unspecified atom stereocenters. The van der Waals surface area contributed by atoms with Gasteiger partial charge in [-0.05, 0) is 37.1 Å². The van der Waals surface area contributed by atoms with Crippen molar-refractivity contribution in [2.24, 2.45) is 0 Å². The van der Waals surface area contributed by atoms with Crippen LogP contribution in [0.2, 0.25) is 0 Å². The van der Waals surface area contributed by atoms with Gasteiger partial charge in [0.05, 0.1) is 5.75 Å². The molecule has 4 rings (SSSR count). The molecule has 0 N–H and O–H groups in total. The van der Waals surface area contributed by atoms with E-state index < -0.39 is 9.84 Å². The summed E-state index contributed by atoms with van der Waals surface area (Å²) < 4.78 is 36.1. The number of aryl methyl sites for hydroxylation is 2. The van der Waals surface area contributed by atoms with Crippen molar-refractivity contribution in [3.05, 3.63) is 83.1 Å². The molecule has 0 aliphatic rings. The van der Waals surface area contributed by atoms with Crippen LogP contribution in [0.3, 0.4) is 0 Å². The summed E-state index contributed by atoms with van der Waals surface area (Å²) >= 11 is 0. The average molecular weight is 408 g/mol. The first-order valence-electron chi connectivity index (χ1n) is 9.14. The number of sulfone groups is 1. The second kappa shape index (κ2) is 7.67. The summed E-state index contributed by atoms with van der Waals surface area (Å²) in [4.78, 5) is 4.38. The van der Waals surface area contributed by atoms with Gasteiger partial charge in [-0.1, -0.05) is 59.3 Å². The highest BCUT2D eigenvalue weighted by Crippen LogP contribution is 2.26. The molecule has 0 aliphatic carbocycles. The van der Waals surface area contributed by atoms with Crippen molar-refractivity contribution in [1.82, 2.24) is 10.1 Å². The molecule has 0 saturated carbocycles. The fourth-order valence-electron chi connectivity index (χ4n) is 3.15. The van der Waals surface area contributed by atoms with Crippen molar-refractivity contribution < 1.29 is 17.4 Å². The maximum absolute atomic E-state index is 12.5. The second-order valence-corrected chi connectivity index (χ2v) is 9.09. The summed E-state index contributed by atoms with van der Waals surface area (Å²) in [5.74, 6) is 1.12. The van der Waals surface area contributed by atoms with Crippen LogP contribution in [0.4, 0.5) is 0 Å². The van der Waals surface area contributed by atoms with Gasteiger partial charge in [-0.3, -0.25) is 0 Å². The molecular formula is C22H20N2O4S. The van der Waals surface area contributed by atoms with Gasteiger partial charge in [0.1, 0.15) is 11.5 Å². The zero-order valence-electron chi connectivity index (χ0n) is 16.1. The highest BCUT2D eigenvalue weighted by atomic mass is 32.2. The van der Waals surface area contributed by atoms with Crippen LogP contribution >= 0.6 is 0 Å². The Morgan fingerprint density at radius 1 is 0.931 bits per heavy atom. The molecule has 2 aromatic carbocycles. The van der Waals surface area contributed by atoms with Crippen molar-refractivity contribution in [3.8, 4) is 23.0 Å². The molecule has 0 saturated heterocycles.